The topological polar surface area (TPSA) is 83.6 Å². The maximum atomic E-state index is 12.5. The van der Waals surface area contributed by atoms with E-state index in [-0.39, 0.29) is 24.8 Å². The van der Waals surface area contributed by atoms with E-state index in [1.54, 1.807) is 4.90 Å². The first-order valence-corrected chi connectivity index (χ1v) is 9.83. The van der Waals surface area contributed by atoms with Crippen molar-refractivity contribution in [1.29, 1.82) is 0 Å². The molecule has 0 radical (unpaired) electrons. The van der Waals surface area contributed by atoms with E-state index in [0.29, 0.717) is 37.3 Å². The first-order valence-electron chi connectivity index (χ1n) is 9.83. The van der Waals surface area contributed by atoms with Crippen molar-refractivity contribution in [3.05, 3.63) is 41.7 Å². The normalized spacial score (nSPS) is 19.8. The molecule has 6 nitrogen and oxygen atoms in total. The molecule has 2 aromatic rings. The van der Waals surface area contributed by atoms with Gasteiger partial charge in [0.25, 0.3) is 0 Å². The number of likely N-dealkylation sites (tertiary alicyclic amines) is 1. The number of carbonyl (C=O) groups is 2. The van der Waals surface area contributed by atoms with Crippen molar-refractivity contribution in [3.8, 4) is 11.3 Å². The van der Waals surface area contributed by atoms with Gasteiger partial charge in [-0.25, -0.2) is 0 Å². The van der Waals surface area contributed by atoms with Crippen LogP contribution in [-0.4, -0.2) is 40.1 Å². The van der Waals surface area contributed by atoms with Crippen LogP contribution in [0, 0.1) is 18.3 Å². The Morgan fingerprint density at radius 3 is 2.79 bits per heavy atom. The number of aromatic nitrogens is 1. The van der Waals surface area contributed by atoms with Crippen LogP contribution in [0.4, 0.5) is 0 Å². The van der Waals surface area contributed by atoms with Gasteiger partial charge in [-0.3, -0.25) is 9.59 Å². The van der Waals surface area contributed by atoms with Crippen molar-refractivity contribution in [2.75, 3.05) is 13.1 Å². The van der Waals surface area contributed by atoms with Crippen LogP contribution >= 0.6 is 0 Å². The molecule has 150 valence electrons. The highest BCUT2D eigenvalue weighted by Gasteiger charge is 2.44. The summed E-state index contributed by atoms with van der Waals surface area (Å²) in [7, 11) is 0. The minimum absolute atomic E-state index is 0.0262. The van der Waals surface area contributed by atoms with E-state index in [0.717, 1.165) is 11.1 Å². The molecule has 0 aliphatic carbocycles. The highest BCUT2D eigenvalue weighted by molar-refractivity contribution is 5.80. The Hall–Kier alpha value is -2.63. The number of nitrogens with zero attached hydrogens (tertiary/aromatic N) is 2. The second-order valence-electron chi connectivity index (χ2n) is 8.33. The fraction of sp³-hybridized carbons (Fsp3) is 0.500. The monoisotopic (exact) mass is 384 g/mol. The molecule has 1 atom stereocenters. The van der Waals surface area contributed by atoms with E-state index in [1.165, 1.54) is 0 Å². The Balaban J connectivity index is 1.79. The maximum Gasteiger partial charge on any atom is 0.311 e. The lowest BCUT2D eigenvalue weighted by Crippen LogP contribution is -2.51. The smallest absolute Gasteiger partial charge is 0.311 e. The molecular formula is C22H28N2O4. The number of amides is 1. The second kappa shape index (κ2) is 8.17. The van der Waals surface area contributed by atoms with E-state index in [9.17, 15) is 14.7 Å². The van der Waals surface area contributed by atoms with Gasteiger partial charge < -0.3 is 14.5 Å². The van der Waals surface area contributed by atoms with Crippen molar-refractivity contribution < 1.29 is 19.2 Å². The van der Waals surface area contributed by atoms with Gasteiger partial charge in [0.2, 0.25) is 5.91 Å². The molecule has 0 bridgehead atoms. The molecule has 3 rings (SSSR count). The average Bonchev–Trinajstić information content (AvgIpc) is 3.09. The van der Waals surface area contributed by atoms with Crippen LogP contribution in [0.3, 0.4) is 0 Å². The quantitative estimate of drug-likeness (QED) is 0.816. The van der Waals surface area contributed by atoms with Crippen LogP contribution in [0.1, 0.15) is 44.4 Å². The zero-order valence-electron chi connectivity index (χ0n) is 16.8. The first kappa shape index (κ1) is 20.1. The summed E-state index contributed by atoms with van der Waals surface area (Å²) in [6.07, 6.45) is 1.87. The second-order valence-corrected chi connectivity index (χ2v) is 8.33. The lowest BCUT2D eigenvalue weighted by atomic mass is 9.76. The Kier molecular flexibility index (Phi) is 5.87. The van der Waals surface area contributed by atoms with Gasteiger partial charge >= 0.3 is 5.97 Å². The van der Waals surface area contributed by atoms with E-state index >= 15 is 0 Å². The van der Waals surface area contributed by atoms with Gasteiger partial charge in [0, 0.05) is 37.6 Å². The first-order chi connectivity index (χ1) is 13.3. The number of aryl methyl sites for hydroxylation is 1. The Labute approximate surface area is 165 Å². The number of carboxylic acids is 1. The summed E-state index contributed by atoms with van der Waals surface area (Å²) in [6.45, 7) is 6.83. The van der Waals surface area contributed by atoms with Crippen LogP contribution in [0.5, 0.6) is 0 Å². The third-order valence-electron chi connectivity index (χ3n) is 5.35. The summed E-state index contributed by atoms with van der Waals surface area (Å²) in [5.74, 6) is -0.0710. The fourth-order valence-electron chi connectivity index (χ4n) is 3.89. The SMILES string of the molecule is Cc1cccc(-c2cc(C[C@@]3(C(=O)O)CCCN(C(=O)CC(C)C)C3)on2)c1. The number of carbonyl (C=O) groups excluding carboxylic acids is 1. The number of carboxylic acid groups (broad SMARTS) is 1. The van der Waals surface area contributed by atoms with E-state index in [4.69, 9.17) is 4.52 Å². The zero-order valence-corrected chi connectivity index (χ0v) is 16.8. The van der Waals surface area contributed by atoms with Crippen molar-refractivity contribution in [3.63, 3.8) is 0 Å². The predicted octanol–water partition coefficient (Wildman–Crippen LogP) is 3.93. The molecule has 0 unspecified atom stereocenters. The number of rotatable bonds is 6. The molecule has 6 heteroatoms. The number of hydrogen-bond donors (Lipinski definition) is 1. The highest BCUT2D eigenvalue weighted by atomic mass is 16.5. The lowest BCUT2D eigenvalue weighted by Gasteiger charge is -2.39. The summed E-state index contributed by atoms with van der Waals surface area (Å²) in [6, 6.07) is 9.75. The third kappa shape index (κ3) is 4.43. The molecule has 1 aromatic carbocycles. The number of aliphatic carboxylic acids is 1. The molecule has 1 aromatic heterocycles. The molecule has 28 heavy (non-hydrogen) atoms. The van der Waals surface area contributed by atoms with Crippen molar-refractivity contribution >= 4 is 11.9 Å². The van der Waals surface area contributed by atoms with Gasteiger partial charge in [-0.15, -0.1) is 0 Å². The van der Waals surface area contributed by atoms with Crippen LogP contribution in [0.15, 0.2) is 34.9 Å². The third-order valence-corrected chi connectivity index (χ3v) is 5.35. The van der Waals surface area contributed by atoms with Gasteiger partial charge in [-0.05, 0) is 31.7 Å². The maximum absolute atomic E-state index is 12.5. The minimum Gasteiger partial charge on any atom is -0.481 e. The Bertz CT molecular complexity index is 858. The summed E-state index contributed by atoms with van der Waals surface area (Å²) in [5.41, 5.74) is 1.73. The van der Waals surface area contributed by atoms with Crippen molar-refractivity contribution in [1.82, 2.24) is 10.1 Å². The molecule has 1 fully saturated rings. The van der Waals surface area contributed by atoms with E-state index in [2.05, 4.69) is 5.16 Å². The van der Waals surface area contributed by atoms with Crippen LogP contribution in [-0.2, 0) is 16.0 Å². The standard InChI is InChI=1S/C22H28N2O4/c1-15(2)10-20(25)24-9-5-8-22(14-24,21(26)27)13-18-12-19(23-28-18)17-7-4-6-16(3)11-17/h4,6-7,11-12,15H,5,8-10,13-14H2,1-3H3,(H,26,27)/t22-/m0/s1. The van der Waals surface area contributed by atoms with E-state index < -0.39 is 11.4 Å². The summed E-state index contributed by atoms with van der Waals surface area (Å²) in [4.78, 5) is 26.4. The van der Waals surface area contributed by atoms with Crippen LogP contribution < -0.4 is 0 Å². The summed E-state index contributed by atoms with van der Waals surface area (Å²) < 4.78 is 5.48. The Morgan fingerprint density at radius 1 is 1.32 bits per heavy atom. The molecule has 1 amide bonds. The molecule has 2 heterocycles. The number of piperidine rings is 1. The predicted molar refractivity (Wildman–Crippen MR) is 106 cm³/mol. The van der Waals surface area contributed by atoms with Crippen LogP contribution in [0.25, 0.3) is 11.3 Å². The summed E-state index contributed by atoms with van der Waals surface area (Å²) >= 11 is 0. The summed E-state index contributed by atoms with van der Waals surface area (Å²) in [5, 5.41) is 14.1. The molecule has 1 aliphatic heterocycles. The van der Waals surface area contributed by atoms with Crippen molar-refractivity contribution in [2.45, 2.75) is 46.5 Å². The zero-order chi connectivity index (χ0) is 20.3. The fourth-order valence-corrected chi connectivity index (χ4v) is 3.89. The largest absolute Gasteiger partial charge is 0.481 e. The lowest BCUT2D eigenvalue weighted by molar-refractivity contribution is -0.155. The molecule has 1 N–H and O–H groups in total. The van der Waals surface area contributed by atoms with Gasteiger partial charge in [0.1, 0.15) is 11.5 Å². The van der Waals surface area contributed by atoms with Crippen molar-refractivity contribution in [2.24, 2.45) is 11.3 Å². The van der Waals surface area contributed by atoms with Gasteiger partial charge in [0.05, 0.1) is 5.41 Å². The number of hydrogen-bond acceptors (Lipinski definition) is 4. The van der Waals surface area contributed by atoms with E-state index in [1.807, 2.05) is 51.1 Å². The molecule has 0 saturated carbocycles. The molecule has 0 spiro atoms. The Morgan fingerprint density at radius 2 is 2.11 bits per heavy atom. The van der Waals surface area contributed by atoms with Crippen LogP contribution in [0.2, 0.25) is 0 Å². The van der Waals surface area contributed by atoms with Gasteiger partial charge in [0.15, 0.2) is 0 Å². The highest BCUT2D eigenvalue weighted by Crippen LogP contribution is 2.35. The minimum atomic E-state index is -1.03. The molecule has 1 saturated heterocycles. The van der Waals surface area contributed by atoms with Gasteiger partial charge in [-0.2, -0.15) is 0 Å². The molecular weight excluding hydrogens is 356 g/mol. The average molecular weight is 384 g/mol. The molecule has 1 aliphatic rings. The number of benzene rings is 1. The van der Waals surface area contributed by atoms with Gasteiger partial charge in [-0.1, -0.05) is 42.8 Å².